The van der Waals surface area contributed by atoms with Crippen LogP contribution in [0.5, 0.6) is 0 Å². The highest BCUT2D eigenvalue weighted by Crippen LogP contribution is 2.22. The molecule has 0 radical (unpaired) electrons. The Morgan fingerprint density at radius 1 is 1.42 bits per heavy atom. The number of nitrogens with two attached hydrogens (primary N) is 1. The lowest BCUT2D eigenvalue weighted by Gasteiger charge is -2.21. The molecule has 6 heteroatoms. The molecule has 102 valence electrons. The van der Waals surface area contributed by atoms with E-state index < -0.39 is 24.0 Å². The van der Waals surface area contributed by atoms with Crippen LogP contribution in [0.25, 0.3) is 0 Å². The standard InChI is InChI=1S/C13H16N2O4/c1-7-2-3-8(4-10(7)14)12(17)15-6-9(16)5-11(15)13(18)19/h2-4,9,11,16H,5-6,14H2,1H3,(H,18,19)/t9-,11-/m0/s1. The van der Waals surface area contributed by atoms with Gasteiger partial charge in [0, 0.05) is 24.2 Å². The number of nitrogens with zero attached hydrogens (tertiary/aromatic N) is 1. The lowest BCUT2D eigenvalue weighted by molar-refractivity contribution is -0.141. The van der Waals surface area contributed by atoms with Gasteiger partial charge in [-0.1, -0.05) is 6.07 Å². The monoisotopic (exact) mass is 264 g/mol. The number of aliphatic carboxylic acids is 1. The number of benzene rings is 1. The largest absolute Gasteiger partial charge is 0.480 e. The molecule has 0 bridgehead atoms. The molecular formula is C13H16N2O4. The number of β-amino-alcohol motifs (C(OH)–C–C–N with tert-alkyl or cyclic N) is 1. The highest BCUT2D eigenvalue weighted by Gasteiger charge is 2.39. The molecule has 1 aromatic carbocycles. The Labute approximate surface area is 110 Å². The summed E-state index contributed by atoms with van der Waals surface area (Å²) in [5.41, 5.74) is 7.42. The zero-order chi connectivity index (χ0) is 14.2. The Hall–Kier alpha value is -2.08. The second kappa shape index (κ2) is 4.89. The van der Waals surface area contributed by atoms with Crippen LogP contribution in [-0.2, 0) is 4.79 Å². The summed E-state index contributed by atoms with van der Waals surface area (Å²) in [5.74, 6) is -1.53. The van der Waals surface area contributed by atoms with Crippen LogP contribution in [0.1, 0.15) is 22.3 Å². The van der Waals surface area contributed by atoms with E-state index in [9.17, 15) is 14.7 Å². The van der Waals surface area contributed by atoms with Gasteiger partial charge in [0.2, 0.25) is 0 Å². The molecule has 1 heterocycles. The van der Waals surface area contributed by atoms with Crippen LogP contribution >= 0.6 is 0 Å². The number of rotatable bonds is 2. The van der Waals surface area contributed by atoms with Gasteiger partial charge < -0.3 is 20.8 Å². The molecule has 0 unspecified atom stereocenters. The van der Waals surface area contributed by atoms with Gasteiger partial charge in [-0.2, -0.15) is 0 Å². The molecular weight excluding hydrogens is 248 g/mol. The molecule has 0 spiro atoms. The number of carbonyl (C=O) groups excluding carboxylic acids is 1. The van der Waals surface area contributed by atoms with E-state index >= 15 is 0 Å². The number of likely N-dealkylation sites (tertiary alicyclic amines) is 1. The van der Waals surface area contributed by atoms with E-state index in [4.69, 9.17) is 10.8 Å². The predicted molar refractivity (Wildman–Crippen MR) is 68.7 cm³/mol. The summed E-state index contributed by atoms with van der Waals surface area (Å²) in [4.78, 5) is 24.5. The fraction of sp³-hybridized carbons (Fsp3) is 0.385. The van der Waals surface area contributed by atoms with Gasteiger partial charge in [0.25, 0.3) is 5.91 Å². The van der Waals surface area contributed by atoms with Gasteiger partial charge in [-0.25, -0.2) is 4.79 Å². The van der Waals surface area contributed by atoms with E-state index in [-0.39, 0.29) is 13.0 Å². The number of carboxylic acid groups (broad SMARTS) is 1. The molecule has 1 aliphatic heterocycles. The first kappa shape index (κ1) is 13.4. The molecule has 6 nitrogen and oxygen atoms in total. The van der Waals surface area contributed by atoms with Crippen molar-refractivity contribution in [2.24, 2.45) is 0 Å². The fourth-order valence-corrected chi connectivity index (χ4v) is 2.21. The van der Waals surface area contributed by atoms with Crippen molar-refractivity contribution >= 4 is 17.6 Å². The third-order valence-electron chi connectivity index (χ3n) is 3.35. The van der Waals surface area contributed by atoms with E-state index in [2.05, 4.69) is 0 Å². The van der Waals surface area contributed by atoms with Crippen molar-refractivity contribution in [3.8, 4) is 0 Å². The van der Waals surface area contributed by atoms with Crippen molar-refractivity contribution in [3.63, 3.8) is 0 Å². The summed E-state index contributed by atoms with van der Waals surface area (Å²) >= 11 is 0. The van der Waals surface area contributed by atoms with Gasteiger partial charge in [-0.3, -0.25) is 4.79 Å². The van der Waals surface area contributed by atoms with Gasteiger partial charge in [0.1, 0.15) is 6.04 Å². The van der Waals surface area contributed by atoms with Gasteiger partial charge in [0.15, 0.2) is 0 Å². The zero-order valence-corrected chi connectivity index (χ0v) is 10.5. The number of carbonyl (C=O) groups is 2. The molecule has 2 rings (SSSR count). The maximum Gasteiger partial charge on any atom is 0.326 e. The minimum atomic E-state index is -1.11. The summed E-state index contributed by atoms with van der Waals surface area (Å²) in [7, 11) is 0. The zero-order valence-electron chi connectivity index (χ0n) is 10.5. The Bertz CT molecular complexity index is 529. The van der Waals surface area contributed by atoms with E-state index in [1.807, 2.05) is 6.92 Å². The number of amides is 1. The minimum absolute atomic E-state index is 0.0313. The van der Waals surface area contributed by atoms with Crippen LogP contribution in [0.3, 0.4) is 0 Å². The Morgan fingerprint density at radius 3 is 2.68 bits per heavy atom. The second-order valence-corrected chi connectivity index (χ2v) is 4.77. The maximum atomic E-state index is 12.3. The molecule has 0 saturated carbocycles. The summed E-state index contributed by atoms with van der Waals surface area (Å²) in [6.45, 7) is 1.85. The number of hydrogen-bond donors (Lipinski definition) is 3. The molecule has 19 heavy (non-hydrogen) atoms. The van der Waals surface area contributed by atoms with E-state index in [1.165, 1.54) is 11.0 Å². The molecule has 1 aromatic rings. The topological polar surface area (TPSA) is 104 Å². The maximum absolute atomic E-state index is 12.3. The summed E-state index contributed by atoms with van der Waals surface area (Å²) in [6.07, 6.45) is -0.740. The van der Waals surface area contributed by atoms with Gasteiger partial charge in [-0.15, -0.1) is 0 Å². The smallest absolute Gasteiger partial charge is 0.326 e. The van der Waals surface area contributed by atoms with Gasteiger partial charge >= 0.3 is 5.97 Å². The highest BCUT2D eigenvalue weighted by molar-refractivity contribution is 5.97. The molecule has 1 amide bonds. The van der Waals surface area contributed by atoms with Crippen LogP contribution in [-0.4, -0.2) is 45.7 Å². The Morgan fingerprint density at radius 2 is 2.11 bits per heavy atom. The number of nitrogen functional groups attached to an aromatic ring is 1. The number of hydrogen-bond acceptors (Lipinski definition) is 4. The molecule has 1 saturated heterocycles. The molecule has 1 fully saturated rings. The SMILES string of the molecule is Cc1ccc(C(=O)N2C[C@@H](O)C[C@H]2C(=O)O)cc1N. The van der Waals surface area contributed by atoms with E-state index in [0.29, 0.717) is 11.3 Å². The summed E-state index contributed by atoms with van der Waals surface area (Å²) in [5, 5.41) is 18.6. The molecule has 2 atom stereocenters. The predicted octanol–water partition coefficient (Wildman–Crippen LogP) is 0.237. The lowest BCUT2D eigenvalue weighted by Crippen LogP contribution is -2.40. The first-order chi connectivity index (χ1) is 8.90. The van der Waals surface area contributed by atoms with Gasteiger partial charge in [-0.05, 0) is 24.6 Å². The van der Waals surface area contributed by atoms with Crippen molar-refractivity contribution in [1.82, 2.24) is 4.90 Å². The lowest BCUT2D eigenvalue weighted by atomic mass is 10.1. The van der Waals surface area contributed by atoms with Crippen LogP contribution in [0.15, 0.2) is 18.2 Å². The number of anilines is 1. The van der Waals surface area contributed by atoms with Crippen LogP contribution in [0.2, 0.25) is 0 Å². The first-order valence-electron chi connectivity index (χ1n) is 5.98. The number of aryl methyl sites for hydroxylation is 1. The molecule has 0 aromatic heterocycles. The Balaban J connectivity index is 2.27. The van der Waals surface area contributed by atoms with E-state index in [0.717, 1.165) is 5.56 Å². The van der Waals surface area contributed by atoms with E-state index in [1.54, 1.807) is 12.1 Å². The van der Waals surface area contributed by atoms with Crippen molar-refractivity contribution in [2.75, 3.05) is 12.3 Å². The average Bonchev–Trinajstić information content (AvgIpc) is 2.74. The number of aliphatic hydroxyl groups is 1. The van der Waals surface area contributed by atoms with Crippen molar-refractivity contribution in [2.45, 2.75) is 25.5 Å². The van der Waals surface area contributed by atoms with Gasteiger partial charge in [0.05, 0.1) is 6.10 Å². The quantitative estimate of drug-likeness (QED) is 0.664. The highest BCUT2D eigenvalue weighted by atomic mass is 16.4. The number of aliphatic hydroxyl groups excluding tert-OH is 1. The minimum Gasteiger partial charge on any atom is -0.480 e. The third-order valence-corrected chi connectivity index (χ3v) is 3.35. The van der Waals surface area contributed by atoms with Crippen LogP contribution in [0.4, 0.5) is 5.69 Å². The summed E-state index contributed by atoms with van der Waals surface area (Å²) in [6, 6.07) is 3.87. The molecule has 0 aliphatic carbocycles. The van der Waals surface area contributed by atoms with Crippen LogP contribution < -0.4 is 5.73 Å². The second-order valence-electron chi connectivity index (χ2n) is 4.77. The number of carboxylic acids is 1. The summed E-state index contributed by atoms with van der Waals surface area (Å²) < 4.78 is 0. The first-order valence-corrected chi connectivity index (χ1v) is 5.98. The average molecular weight is 264 g/mol. The van der Waals surface area contributed by atoms with Crippen molar-refractivity contribution in [1.29, 1.82) is 0 Å². The van der Waals surface area contributed by atoms with Crippen molar-refractivity contribution < 1.29 is 19.8 Å². The molecule has 4 N–H and O–H groups in total. The molecule has 1 aliphatic rings. The van der Waals surface area contributed by atoms with Crippen LogP contribution in [0, 0.1) is 6.92 Å². The Kier molecular flexibility index (Phi) is 3.44. The third kappa shape index (κ3) is 2.53. The van der Waals surface area contributed by atoms with Crippen molar-refractivity contribution in [3.05, 3.63) is 29.3 Å². The normalized spacial score (nSPS) is 22.5. The fourth-order valence-electron chi connectivity index (χ4n) is 2.21.